The Labute approximate surface area is 131 Å². The molecule has 0 saturated heterocycles. The minimum Gasteiger partial charge on any atom is -0.448 e. The number of carbonyl (C=O) groups excluding carboxylic acids is 2. The fourth-order valence-electron chi connectivity index (χ4n) is 1.83. The van der Waals surface area contributed by atoms with E-state index in [9.17, 15) is 9.59 Å². The second-order valence-electron chi connectivity index (χ2n) is 4.81. The van der Waals surface area contributed by atoms with Crippen LogP contribution < -0.4 is 0 Å². The van der Waals surface area contributed by atoms with Crippen LogP contribution in [-0.2, 0) is 4.74 Å². The van der Waals surface area contributed by atoms with Crippen molar-refractivity contribution in [3.8, 4) is 0 Å². The first-order valence-corrected chi connectivity index (χ1v) is 7.25. The number of esters is 1. The predicted octanol–water partition coefficient (Wildman–Crippen LogP) is 4.09. The fraction of sp³-hybridized carbons (Fsp3) is 0.250. The molecule has 0 aliphatic carbocycles. The monoisotopic (exact) mass is 350 g/mol. The summed E-state index contributed by atoms with van der Waals surface area (Å²) in [5.41, 5.74) is 2.66. The summed E-state index contributed by atoms with van der Waals surface area (Å²) < 4.78 is 10.7. The van der Waals surface area contributed by atoms with Gasteiger partial charge in [0.1, 0.15) is 0 Å². The maximum absolute atomic E-state index is 12.3. The van der Waals surface area contributed by atoms with Crippen molar-refractivity contribution in [2.75, 3.05) is 0 Å². The number of rotatable bonds is 4. The van der Waals surface area contributed by atoms with Gasteiger partial charge in [-0.3, -0.25) is 4.79 Å². The van der Waals surface area contributed by atoms with Gasteiger partial charge in [-0.1, -0.05) is 12.1 Å². The van der Waals surface area contributed by atoms with Crippen molar-refractivity contribution in [2.24, 2.45) is 0 Å². The molecule has 1 heterocycles. The van der Waals surface area contributed by atoms with Gasteiger partial charge in [-0.15, -0.1) is 0 Å². The molecule has 0 saturated carbocycles. The number of hydrogen-bond donors (Lipinski definition) is 0. The molecule has 110 valence electrons. The Morgan fingerprint density at radius 3 is 2.43 bits per heavy atom. The molecule has 0 spiro atoms. The molecule has 1 atom stereocenters. The number of Topliss-reactive ketones (excluding diaryl/α,β-unsaturated/α-hetero) is 1. The Bertz CT molecular complexity index is 687. The maximum atomic E-state index is 12.3. The summed E-state index contributed by atoms with van der Waals surface area (Å²) in [4.78, 5) is 24.1. The quantitative estimate of drug-likeness (QED) is 0.615. The van der Waals surface area contributed by atoms with E-state index in [1.165, 1.54) is 6.07 Å². The van der Waals surface area contributed by atoms with Crippen LogP contribution in [0.3, 0.4) is 0 Å². The van der Waals surface area contributed by atoms with Crippen molar-refractivity contribution >= 4 is 27.7 Å². The zero-order valence-electron chi connectivity index (χ0n) is 12.0. The smallest absolute Gasteiger partial charge is 0.374 e. The Morgan fingerprint density at radius 2 is 1.86 bits per heavy atom. The van der Waals surface area contributed by atoms with Gasteiger partial charge in [-0.05, 0) is 66.0 Å². The van der Waals surface area contributed by atoms with Crippen LogP contribution in [-0.4, -0.2) is 17.9 Å². The molecule has 5 heteroatoms. The first-order valence-electron chi connectivity index (χ1n) is 6.46. The van der Waals surface area contributed by atoms with Crippen LogP contribution >= 0.6 is 15.9 Å². The fourth-order valence-corrected chi connectivity index (χ4v) is 2.13. The molecule has 2 aromatic rings. The zero-order chi connectivity index (χ0) is 15.6. The minimum absolute atomic E-state index is 0.0570. The van der Waals surface area contributed by atoms with E-state index in [0.29, 0.717) is 10.2 Å². The summed E-state index contributed by atoms with van der Waals surface area (Å²) in [5, 5.41) is 0. The third-order valence-electron chi connectivity index (χ3n) is 3.22. The van der Waals surface area contributed by atoms with Crippen LogP contribution in [0.5, 0.6) is 0 Å². The van der Waals surface area contributed by atoms with Gasteiger partial charge in [0, 0.05) is 5.56 Å². The number of hydrogen-bond acceptors (Lipinski definition) is 4. The van der Waals surface area contributed by atoms with E-state index < -0.39 is 12.1 Å². The SMILES string of the molecule is Cc1ccc(C(=O)[C@@H](C)OC(=O)c2ccc(Br)o2)cc1C. The standard InChI is InChI=1S/C16H15BrO4/c1-9-4-5-12(8-10(9)2)15(18)11(3)20-16(19)13-6-7-14(17)21-13/h4-8,11H,1-3H3/t11-/m1/s1. The molecule has 0 aliphatic heterocycles. The molecule has 0 aliphatic rings. The van der Waals surface area contributed by atoms with Crippen LogP contribution in [0.2, 0.25) is 0 Å². The number of furan rings is 1. The lowest BCUT2D eigenvalue weighted by atomic mass is 10.0. The van der Waals surface area contributed by atoms with Gasteiger partial charge >= 0.3 is 5.97 Å². The Hall–Kier alpha value is -1.88. The van der Waals surface area contributed by atoms with E-state index in [1.54, 1.807) is 25.1 Å². The molecule has 2 rings (SSSR count). The van der Waals surface area contributed by atoms with Gasteiger partial charge in [0.15, 0.2) is 10.8 Å². The molecule has 0 radical (unpaired) electrons. The van der Waals surface area contributed by atoms with Crippen molar-refractivity contribution in [3.63, 3.8) is 0 Å². The average Bonchev–Trinajstić information content (AvgIpc) is 2.87. The van der Waals surface area contributed by atoms with Gasteiger partial charge in [0.2, 0.25) is 11.5 Å². The van der Waals surface area contributed by atoms with E-state index in [2.05, 4.69) is 15.9 Å². The third kappa shape index (κ3) is 3.61. The second kappa shape index (κ2) is 6.26. The highest BCUT2D eigenvalue weighted by molar-refractivity contribution is 9.10. The Balaban J connectivity index is 2.08. The summed E-state index contributed by atoms with van der Waals surface area (Å²) in [6.45, 7) is 5.46. The molecular weight excluding hydrogens is 336 g/mol. The van der Waals surface area contributed by atoms with Crippen molar-refractivity contribution in [3.05, 3.63) is 57.5 Å². The molecule has 0 bridgehead atoms. The van der Waals surface area contributed by atoms with Crippen molar-refractivity contribution in [1.82, 2.24) is 0 Å². The molecule has 1 aromatic carbocycles. The summed E-state index contributed by atoms with van der Waals surface area (Å²) in [6.07, 6.45) is -0.872. The number of carbonyl (C=O) groups is 2. The highest BCUT2D eigenvalue weighted by atomic mass is 79.9. The molecule has 21 heavy (non-hydrogen) atoms. The van der Waals surface area contributed by atoms with Crippen LogP contribution in [0, 0.1) is 13.8 Å². The van der Waals surface area contributed by atoms with Crippen molar-refractivity contribution < 1.29 is 18.7 Å². The number of ether oxygens (including phenoxy) is 1. The molecule has 0 N–H and O–H groups in total. The number of aryl methyl sites for hydroxylation is 2. The maximum Gasteiger partial charge on any atom is 0.374 e. The lowest BCUT2D eigenvalue weighted by Crippen LogP contribution is -2.24. The predicted molar refractivity (Wildman–Crippen MR) is 81.5 cm³/mol. The zero-order valence-corrected chi connectivity index (χ0v) is 13.6. The van der Waals surface area contributed by atoms with Gasteiger partial charge in [0.05, 0.1) is 0 Å². The molecule has 0 amide bonds. The lowest BCUT2D eigenvalue weighted by molar-refractivity contribution is 0.0288. The normalized spacial score (nSPS) is 12.0. The number of benzene rings is 1. The lowest BCUT2D eigenvalue weighted by Gasteiger charge is -2.12. The Morgan fingerprint density at radius 1 is 1.14 bits per heavy atom. The van der Waals surface area contributed by atoms with Gasteiger partial charge in [-0.2, -0.15) is 0 Å². The highest BCUT2D eigenvalue weighted by Crippen LogP contribution is 2.17. The van der Waals surface area contributed by atoms with Gasteiger partial charge in [-0.25, -0.2) is 4.79 Å². The third-order valence-corrected chi connectivity index (χ3v) is 3.65. The number of halogens is 1. The molecule has 0 fully saturated rings. The summed E-state index contributed by atoms with van der Waals surface area (Å²) in [6, 6.07) is 8.48. The second-order valence-corrected chi connectivity index (χ2v) is 5.60. The van der Waals surface area contributed by atoms with Crippen LogP contribution in [0.15, 0.2) is 39.4 Å². The summed E-state index contributed by atoms with van der Waals surface area (Å²) in [5.74, 6) is -0.843. The number of ketones is 1. The highest BCUT2D eigenvalue weighted by Gasteiger charge is 2.22. The van der Waals surface area contributed by atoms with E-state index in [4.69, 9.17) is 9.15 Å². The van der Waals surface area contributed by atoms with E-state index in [-0.39, 0.29) is 11.5 Å². The largest absolute Gasteiger partial charge is 0.448 e. The molecule has 0 unspecified atom stereocenters. The van der Waals surface area contributed by atoms with E-state index in [0.717, 1.165) is 11.1 Å². The van der Waals surface area contributed by atoms with Gasteiger partial charge < -0.3 is 9.15 Å². The summed E-state index contributed by atoms with van der Waals surface area (Å²) in [7, 11) is 0. The minimum atomic E-state index is -0.872. The van der Waals surface area contributed by atoms with Crippen LogP contribution in [0.4, 0.5) is 0 Å². The Kier molecular flexibility index (Phi) is 4.63. The van der Waals surface area contributed by atoms with Crippen molar-refractivity contribution in [1.29, 1.82) is 0 Å². The van der Waals surface area contributed by atoms with E-state index in [1.807, 2.05) is 19.9 Å². The molecular formula is C16H15BrO4. The first-order chi connectivity index (χ1) is 9.88. The van der Waals surface area contributed by atoms with Crippen LogP contribution in [0.1, 0.15) is 39.0 Å². The first kappa shape index (κ1) is 15.5. The molecule has 4 nitrogen and oxygen atoms in total. The summed E-state index contributed by atoms with van der Waals surface area (Å²) >= 11 is 3.11. The average molecular weight is 351 g/mol. The molecule has 1 aromatic heterocycles. The van der Waals surface area contributed by atoms with Gasteiger partial charge in [0.25, 0.3) is 0 Å². The van der Waals surface area contributed by atoms with Crippen molar-refractivity contribution in [2.45, 2.75) is 26.9 Å². The van der Waals surface area contributed by atoms with E-state index >= 15 is 0 Å². The topological polar surface area (TPSA) is 56.5 Å². The van der Waals surface area contributed by atoms with Crippen LogP contribution in [0.25, 0.3) is 0 Å².